The van der Waals surface area contributed by atoms with Gasteiger partial charge in [-0.3, -0.25) is 0 Å². The molecule has 1 aliphatic carbocycles. The number of fused-ring (bicyclic) bond motifs is 1. The molecule has 78 valence electrons. The fourth-order valence-corrected chi connectivity index (χ4v) is 1.95. The average Bonchev–Trinajstić information content (AvgIpc) is 2.47. The standard InChI is InChI=1S/C10H18N4/c1-7(2)6-14-10-5-8(11)3-4-9(10)12-13-14/h7-8H,3-6,11H2,1-2H3/t8-/m0/s1. The van der Waals surface area contributed by atoms with Crippen LogP contribution in [0.15, 0.2) is 0 Å². The van der Waals surface area contributed by atoms with Crippen LogP contribution in [0.1, 0.15) is 31.7 Å². The van der Waals surface area contributed by atoms with Gasteiger partial charge in [-0.15, -0.1) is 5.10 Å². The Morgan fingerprint density at radius 2 is 2.36 bits per heavy atom. The fourth-order valence-electron chi connectivity index (χ4n) is 1.95. The van der Waals surface area contributed by atoms with Crippen LogP contribution in [0, 0.1) is 5.92 Å². The highest BCUT2D eigenvalue weighted by atomic mass is 15.4. The second kappa shape index (κ2) is 3.69. The van der Waals surface area contributed by atoms with E-state index in [1.54, 1.807) is 0 Å². The summed E-state index contributed by atoms with van der Waals surface area (Å²) >= 11 is 0. The molecule has 0 bridgehead atoms. The predicted octanol–water partition coefficient (Wildman–Crippen LogP) is 0.750. The van der Waals surface area contributed by atoms with Crippen molar-refractivity contribution in [1.82, 2.24) is 15.0 Å². The molecule has 0 unspecified atom stereocenters. The van der Waals surface area contributed by atoms with Crippen LogP contribution in [0.25, 0.3) is 0 Å². The van der Waals surface area contributed by atoms with Crippen LogP contribution < -0.4 is 5.73 Å². The van der Waals surface area contributed by atoms with Crippen LogP contribution in [0.5, 0.6) is 0 Å². The second-order valence-electron chi connectivity index (χ2n) is 4.56. The molecule has 0 aromatic carbocycles. The maximum absolute atomic E-state index is 5.94. The van der Waals surface area contributed by atoms with Gasteiger partial charge in [0, 0.05) is 19.0 Å². The lowest BCUT2D eigenvalue weighted by molar-refractivity contribution is 0.446. The maximum atomic E-state index is 5.94. The first kappa shape index (κ1) is 9.65. The van der Waals surface area contributed by atoms with E-state index in [0.29, 0.717) is 12.0 Å². The van der Waals surface area contributed by atoms with E-state index < -0.39 is 0 Å². The molecule has 2 N–H and O–H groups in total. The van der Waals surface area contributed by atoms with Crippen LogP contribution >= 0.6 is 0 Å². The highest BCUT2D eigenvalue weighted by molar-refractivity contribution is 5.15. The van der Waals surface area contributed by atoms with Crippen LogP contribution in [0.3, 0.4) is 0 Å². The van der Waals surface area contributed by atoms with Gasteiger partial charge >= 0.3 is 0 Å². The molecule has 0 amide bonds. The lowest BCUT2D eigenvalue weighted by atomic mass is 9.96. The van der Waals surface area contributed by atoms with E-state index in [4.69, 9.17) is 5.73 Å². The lowest BCUT2D eigenvalue weighted by Crippen LogP contribution is -2.29. The summed E-state index contributed by atoms with van der Waals surface area (Å²) < 4.78 is 2.03. The van der Waals surface area contributed by atoms with Gasteiger partial charge in [-0.1, -0.05) is 19.1 Å². The summed E-state index contributed by atoms with van der Waals surface area (Å²) in [5, 5.41) is 8.39. The Bertz CT molecular complexity index is 316. The number of nitrogens with zero attached hydrogens (tertiary/aromatic N) is 3. The largest absolute Gasteiger partial charge is 0.327 e. The van der Waals surface area contributed by atoms with Crippen LogP contribution in [-0.4, -0.2) is 21.0 Å². The Morgan fingerprint density at radius 1 is 1.57 bits per heavy atom. The van der Waals surface area contributed by atoms with Crippen molar-refractivity contribution in [3.05, 3.63) is 11.4 Å². The number of hydrogen-bond donors (Lipinski definition) is 1. The molecule has 0 aliphatic heterocycles. The molecule has 1 aliphatic rings. The molecule has 0 radical (unpaired) electrons. The van der Waals surface area contributed by atoms with Crippen molar-refractivity contribution in [2.45, 2.75) is 45.7 Å². The summed E-state index contributed by atoms with van der Waals surface area (Å²) in [5.41, 5.74) is 8.36. The molecule has 1 atom stereocenters. The third-order valence-corrected chi connectivity index (χ3v) is 2.66. The molecule has 1 aromatic heterocycles. The summed E-state index contributed by atoms with van der Waals surface area (Å²) in [5.74, 6) is 0.610. The van der Waals surface area contributed by atoms with E-state index in [2.05, 4.69) is 24.2 Å². The van der Waals surface area contributed by atoms with Crippen molar-refractivity contribution in [1.29, 1.82) is 0 Å². The quantitative estimate of drug-likeness (QED) is 0.756. The van der Waals surface area contributed by atoms with Crippen molar-refractivity contribution >= 4 is 0 Å². The summed E-state index contributed by atoms with van der Waals surface area (Å²) in [7, 11) is 0. The molecule has 4 nitrogen and oxygen atoms in total. The molecule has 0 saturated carbocycles. The number of hydrogen-bond acceptors (Lipinski definition) is 3. The SMILES string of the molecule is CC(C)Cn1nnc2c1C[C@@H](N)CC2. The molecule has 1 aromatic rings. The van der Waals surface area contributed by atoms with Crippen LogP contribution in [0.4, 0.5) is 0 Å². The first-order valence-corrected chi connectivity index (χ1v) is 5.33. The van der Waals surface area contributed by atoms with E-state index in [1.165, 1.54) is 5.69 Å². The first-order valence-electron chi connectivity index (χ1n) is 5.33. The summed E-state index contributed by atoms with van der Waals surface area (Å²) in [4.78, 5) is 0. The Kier molecular flexibility index (Phi) is 2.54. The van der Waals surface area contributed by atoms with E-state index in [9.17, 15) is 0 Å². The van der Waals surface area contributed by atoms with Gasteiger partial charge < -0.3 is 5.73 Å². The van der Waals surface area contributed by atoms with Crippen molar-refractivity contribution in [2.75, 3.05) is 0 Å². The minimum Gasteiger partial charge on any atom is -0.327 e. The Balaban J connectivity index is 2.22. The fraction of sp³-hybridized carbons (Fsp3) is 0.800. The summed E-state index contributed by atoms with van der Waals surface area (Å²) in [6, 6.07) is 0.298. The highest BCUT2D eigenvalue weighted by Crippen LogP contribution is 2.18. The highest BCUT2D eigenvalue weighted by Gasteiger charge is 2.21. The molecule has 2 rings (SSSR count). The molecule has 1 heterocycles. The zero-order valence-corrected chi connectivity index (χ0v) is 8.90. The Morgan fingerprint density at radius 3 is 3.07 bits per heavy atom. The Hall–Kier alpha value is -0.900. The third-order valence-electron chi connectivity index (χ3n) is 2.66. The van der Waals surface area contributed by atoms with Gasteiger partial charge in [0.2, 0.25) is 0 Å². The minimum absolute atomic E-state index is 0.298. The monoisotopic (exact) mass is 194 g/mol. The molecular formula is C10H18N4. The van der Waals surface area contributed by atoms with Gasteiger partial charge in [-0.2, -0.15) is 0 Å². The normalized spacial score (nSPS) is 21.3. The number of rotatable bonds is 2. The third kappa shape index (κ3) is 1.80. The van der Waals surface area contributed by atoms with Crippen LogP contribution in [-0.2, 0) is 19.4 Å². The average molecular weight is 194 g/mol. The molecule has 0 spiro atoms. The number of aromatic nitrogens is 3. The number of aryl methyl sites for hydroxylation is 1. The van der Waals surface area contributed by atoms with E-state index in [1.807, 2.05) is 4.68 Å². The van der Waals surface area contributed by atoms with E-state index >= 15 is 0 Å². The lowest BCUT2D eigenvalue weighted by Gasteiger charge is -2.18. The summed E-state index contributed by atoms with van der Waals surface area (Å²) in [6.45, 7) is 5.34. The van der Waals surface area contributed by atoms with Crippen molar-refractivity contribution < 1.29 is 0 Å². The second-order valence-corrected chi connectivity index (χ2v) is 4.56. The molecular weight excluding hydrogens is 176 g/mol. The van der Waals surface area contributed by atoms with Gasteiger partial charge in [0.05, 0.1) is 11.4 Å². The van der Waals surface area contributed by atoms with Gasteiger partial charge in [-0.25, -0.2) is 4.68 Å². The minimum atomic E-state index is 0.298. The zero-order chi connectivity index (χ0) is 10.1. The molecule has 14 heavy (non-hydrogen) atoms. The van der Waals surface area contributed by atoms with Gasteiger partial charge in [0.25, 0.3) is 0 Å². The van der Waals surface area contributed by atoms with E-state index in [0.717, 1.165) is 31.5 Å². The van der Waals surface area contributed by atoms with Crippen molar-refractivity contribution in [3.63, 3.8) is 0 Å². The van der Waals surface area contributed by atoms with E-state index in [-0.39, 0.29) is 0 Å². The number of nitrogens with two attached hydrogens (primary N) is 1. The molecule has 0 saturated heterocycles. The van der Waals surface area contributed by atoms with Gasteiger partial charge in [-0.05, 0) is 18.8 Å². The zero-order valence-electron chi connectivity index (χ0n) is 8.90. The van der Waals surface area contributed by atoms with Crippen LogP contribution in [0.2, 0.25) is 0 Å². The Labute approximate surface area is 84.5 Å². The smallest absolute Gasteiger partial charge is 0.0860 e. The summed E-state index contributed by atoms with van der Waals surface area (Å²) in [6.07, 6.45) is 2.98. The van der Waals surface area contributed by atoms with Gasteiger partial charge in [0.1, 0.15) is 0 Å². The van der Waals surface area contributed by atoms with Gasteiger partial charge in [0.15, 0.2) is 0 Å². The van der Waals surface area contributed by atoms with Crippen molar-refractivity contribution in [2.24, 2.45) is 11.7 Å². The molecule has 0 fully saturated rings. The predicted molar refractivity (Wildman–Crippen MR) is 54.9 cm³/mol. The van der Waals surface area contributed by atoms with Crippen molar-refractivity contribution in [3.8, 4) is 0 Å². The maximum Gasteiger partial charge on any atom is 0.0860 e. The first-order chi connectivity index (χ1) is 6.66. The topological polar surface area (TPSA) is 56.7 Å². The molecule has 4 heteroatoms.